The van der Waals surface area contributed by atoms with E-state index < -0.39 is 23.8 Å². The molecule has 3 heterocycles. The van der Waals surface area contributed by atoms with Crippen LogP contribution in [0.5, 0.6) is 5.88 Å². The number of amides is 1. The number of likely N-dealkylation sites (N-methyl/N-ethyl adjacent to an activating group) is 1. The topological polar surface area (TPSA) is 68.0 Å². The monoisotopic (exact) mass is 391 g/mol. The highest BCUT2D eigenvalue weighted by molar-refractivity contribution is 5.90. The van der Waals surface area contributed by atoms with Crippen molar-refractivity contribution in [2.75, 3.05) is 38.3 Å². The lowest BCUT2D eigenvalue weighted by Crippen LogP contribution is -2.38. The van der Waals surface area contributed by atoms with E-state index in [4.69, 9.17) is 9.47 Å². The molecule has 0 radical (unpaired) electrons. The number of anilines is 1. The summed E-state index contributed by atoms with van der Waals surface area (Å²) in [5.74, 6) is -1.16. The van der Waals surface area contributed by atoms with E-state index in [-0.39, 0.29) is 30.3 Å². The van der Waals surface area contributed by atoms with E-state index in [0.717, 1.165) is 18.7 Å². The Kier molecular flexibility index (Phi) is 4.99. The van der Waals surface area contributed by atoms with Crippen molar-refractivity contribution in [3.63, 3.8) is 0 Å². The zero-order chi connectivity index (χ0) is 19.7. The van der Waals surface area contributed by atoms with Crippen molar-refractivity contribution in [3.8, 4) is 5.88 Å². The maximum Gasteiger partial charge on any atom is 0.414 e. The lowest BCUT2D eigenvalue weighted by Gasteiger charge is -2.24. The number of ether oxygens (including phenoxy) is 2. The summed E-state index contributed by atoms with van der Waals surface area (Å²) in [5.41, 5.74) is 0.679. The molecule has 1 saturated heterocycles. The lowest BCUT2D eigenvalue weighted by atomic mass is 9.98. The van der Waals surface area contributed by atoms with Crippen molar-refractivity contribution in [3.05, 3.63) is 47.7 Å². The maximum absolute atomic E-state index is 14.8. The standard InChI is InChI=1S/C19H19F2N3O4/c1-23-5-2-12(3-6-23)18-15(20)8-13(9-16(18)21)24-14(11-27-19(24)25)10-26-17-4-7-28-22-17/h2,4,7-9,14H,3,5-6,10-11H2,1H3/t14-/m1/s1. The first kappa shape index (κ1) is 18.4. The van der Waals surface area contributed by atoms with Gasteiger partial charge in [-0.2, -0.15) is 0 Å². The summed E-state index contributed by atoms with van der Waals surface area (Å²) in [4.78, 5) is 15.4. The summed E-state index contributed by atoms with van der Waals surface area (Å²) >= 11 is 0. The number of cyclic esters (lactones) is 1. The highest BCUT2D eigenvalue weighted by Crippen LogP contribution is 2.32. The van der Waals surface area contributed by atoms with Crippen LogP contribution in [-0.4, -0.2) is 55.5 Å². The van der Waals surface area contributed by atoms with Crippen molar-refractivity contribution < 1.29 is 27.6 Å². The summed E-state index contributed by atoms with van der Waals surface area (Å²) in [6.45, 7) is 1.45. The van der Waals surface area contributed by atoms with Crippen molar-refractivity contribution in [1.82, 2.24) is 10.1 Å². The Morgan fingerprint density at radius 1 is 1.32 bits per heavy atom. The highest BCUT2D eigenvalue weighted by Gasteiger charge is 2.36. The van der Waals surface area contributed by atoms with E-state index in [9.17, 15) is 13.6 Å². The molecule has 0 N–H and O–H groups in total. The molecule has 9 heteroatoms. The summed E-state index contributed by atoms with van der Waals surface area (Å²) < 4.78 is 44.7. The smallest absolute Gasteiger partial charge is 0.414 e. The highest BCUT2D eigenvalue weighted by atomic mass is 19.1. The van der Waals surface area contributed by atoms with Crippen LogP contribution in [0.3, 0.4) is 0 Å². The Bertz CT molecular complexity index is 878. The second-order valence-corrected chi connectivity index (χ2v) is 6.78. The molecule has 1 fully saturated rings. The molecule has 2 aliphatic heterocycles. The first-order valence-corrected chi connectivity index (χ1v) is 8.89. The van der Waals surface area contributed by atoms with Crippen LogP contribution in [0.2, 0.25) is 0 Å². The SMILES string of the molecule is CN1CC=C(c2c(F)cc(N3C(=O)OC[C@H]3COc3ccon3)cc2F)CC1. The van der Waals surface area contributed by atoms with Crippen LogP contribution in [0.4, 0.5) is 19.3 Å². The maximum atomic E-state index is 14.8. The fourth-order valence-electron chi connectivity index (χ4n) is 3.36. The first-order chi connectivity index (χ1) is 13.5. The molecule has 4 rings (SSSR count). The summed E-state index contributed by atoms with van der Waals surface area (Å²) in [6, 6.07) is 3.29. The Balaban J connectivity index is 1.58. The molecule has 2 aromatic rings. The normalized spacial score (nSPS) is 20.2. The van der Waals surface area contributed by atoms with Gasteiger partial charge in [0.05, 0.1) is 5.69 Å². The van der Waals surface area contributed by atoms with Gasteiger partial charge in [-0.3, -0.25) is 4.90 Å². The average molecular weight is 391 g/mol. The predicted octanol–water partition coefficient (Wildman–Crippen LogP) is 3.08. The van der Waals surface area contributed by atoms with Crippen LogP contribution in [0.15, 0.2) is 35.1 Å². The fourth-order valence-corrected chi connectivity index (χ4v) is 3.36. The molecule has 1 amide bonds. The van der Waals surface area contributed by atoms with Crippen LogP contribution >= 0.6 is 0 Å². The van der Waals surface area contributed by atoms with Crippen molar-refractivity contribution in [2.45, 2.75) is 12.5 Å². The summed E-state index contributed by atoms with van der Waals surface area (Å²) in [7, 11) is 1.95. The number of nitrogens with zero attached hydrogens (tertiary/aromatic N) is 3. The van der Waals surface area contributed by atoms with Crippen LogP contribution in [0.25, 0.3) is 5.57 Å². The fraction of sp³-hybridized carbons (Fsp3) is 0.368. The number of benzene rings is 1. The average Bonchev–Trinajstić information content (AvgIpc) is 3.30. The minimum absolute atomic E-state index is 0.0408. The Morgan fingerprint density at radius 3 is 2.75 bits per heavy atom. The number of hydrogen-bond donors (Lipinski definition) is 0. The second-order valence-electron chi connectivity index (χ2n) is 6.78. The largest absolute Gasteiger partial charge is 0.473 e. The van der Waals surface area contributed by atoms with E-state index in [0.29, 0.717) is 18.5 Å². The van der Waals surface area contributed by atoms with Gasteiger partial charge in [0.15, 0.2) is 0 Å². The van der Waals surface area contributed by atoms with Crippen LogP contribution in [0.1, 0.15) is 12.0 Å². The van der Waals surface area contributed by atoms with Crippen molar-refractivity contribution in [1.29, 1.82) is 0 Å². The van der Waals surface area contributed by atoms with Crippen molar-refractivity contribution >= 4 is 17.4 Å². The van der Waals surface area contributed by atoms with Gasteiger partial charge in [-0.25, -0.2) is 13.6 Å². The van der Waals surface area contributed by atoms with Crippen LogP contribution in [-0.2, 0) is 4.74 Å². The molecule has 0 unspecified atom stereocenters. The zero-order valence-corrected chi connectivity index (χ0v) is 15.2. The molecule has 1 aromatic heterocycles. The number of halogens is 2. The van der Waals surface area contributed by atoms with Crippen LogP contribution < -0.4 is 9.64 Å². The third-order valence-corrected chi connectivity index (χ3v) is 4.84. The molecular formula is C19H19F2N3O4. The number of rotatable bonds is 5. The predicted molar refractivity (Wildman–Crippen MR) is 96.1 cm³/mol. The number of carbonyl (C=O) groups is 1. The quantitative estimate of drug-likeness (QED) is 0.780. The molecule has 0 bridgehead atoms. The summed E-state index contributed by atoms with van der Waals surface area (Å²) in [5, 5.41) is 3.62. The minimum atomic E-state index is -0.707. The number of carbonyl (C=O) groups excluding carboxylic acids is 1. The van der Waals surface area contributed by atoms with E-state index in [1.54, 1.807) is 0 Å². The Labute approximate surface area is 160 Å². The van der Waals surface area contributed by atoms with Gasteiger partial charge >= 0.3 is 6.09 Å². The molecule has 0 saturated carbocycles. The van der Waals surface area contributed by atoms with Gasteiger partial charge in [-0.1, -0.05) is 6.08 Å². The molecule has 28 heavy (non-hydrogen) atoms. The Morgan fingerprint density at radius 2 is 2.11 bits per heavy atom. The molecule has 2 aliphatic rings. The van der Waals surface area contributed by atoms with E-state index in [2.05, 4.69) is 14.6 Å². The third kappa shape index (κ3) is 3.57. The van der Waals surface area contributed by atoms with Gasteiger partial charge in [0.2, 0.25) is 0 Å². The molecule has 0 aliphatic carbocycles. The molecule has 1 aromatic carbocycles. The first-order valence-electron chi connectivity index (χ1n) is 8.89. The van der Waals surface area contributed by atoms with Gasteiger partial charge < -0.3 is 18.9 Å². The molecule has 1 atom stereocenters. The molecule has 148 valence electrons. The molecule has 7 nitrogen and oxygen atoms in total. The third-order valence-electron chi connectivity index (χ3n) is 4.84. The second kappa shape index (κ2) is 7.59. The lowest BCUT2D eigenvalue weighted by molar-refractivity contribution is 0.174. The summed E-state index contributed by atoms with van der Waals surface area (Å²) in [6.07, 6.45) is 3.05. The van der Waals surface area contributed by atoms with Gasteiger partial charge in [-0.05, 0) is 36.3 Å². The molecule has 0 spiro atoms. The number of hydrogen-bond acceptors (Lipinski definition) is 6. The van der Waals surface area contributed by atoms with Crippen LogP contribution in [0, 0.1) is 11.6 Å². The van der Waals surface area contributed by atoms with Gasteiger partial charge in [0, 0.05) is 24.7 Å². The van der Waals surface area contributed by atoms with Gasteiger partial charge in [0.25, 0.3) is 5.88 Å². The van der Waals surface area contributed by atoms with Gasteiger partial charge in [0.1, 0.15) is 37.2 Å². The molecular weight excluding hydrogens is 372 g/mol. The van der Waals surface area contributed by atoms with Crippen molar-refractivity contribution in [2.24, 2.45) is 0 Å². The van der Waals surface area contributed by atoms with E-state index in [1.165, 1.54) is 17.2 Å². The number of aromatic nitrogens is 1. The van der Waals surface area contributed by atoms with Gasteiger partial charge in [-0.15, -0.1) is 0 Å². The van der Waals surface area contributed by atoms with E-state index >= 15 is 0 Å². The minimum Gasteiger partial charge on any atom is -0.473 e. The zero-order valence-electron chi connectivity index (χ0n) is 15.2. The van der Waals surface area contributed by atoms with E-state index in [1.807, 2.05) is 13.1 Å². The Hall–Kier alpha value is -2.94.